The van der Waals surface area contributed by atoms with Crippen LogP contribution in [0.15, 0.2) is 18.2 Å². The summed E-state index contributed by atoms with van der Waals surface area (Å²) < 4.78 is 0. The molecule has 1 aliphatic carbocycles. The molecule has 0 saturated carbocycles. The van der Waals surface area contributed by atoms with Crippen molar-refractivity contribution in [3.8, 4) is 0 Å². The predicted octanol–water partition coefficient (Wildman–Crippen LogP) is 0.648. The fourth-order valence-electron chi connectivity index (χ4n) is 2.25. The van der Waals surface area contributed by atoms with Crippen molar-refractivity contribution in [3.05, 3.63) is 34.9 Å². The van der Waals surface area contributed by atoms with Gasteiger partial charge in [-0.3, -0.25) is 4.79 Å². The van der Waals surface area contributed by atoms with Crippen LogP contribution in [0.25, 0.3) is 0 Å². The smallest absolute Gasteiger partial charge is 0.251 e. The van der Waals surface area contributed by atoms with Crippen LogP contribution in [0.2, 0.25) is 0 Å². The van der Waals surface area contributed by atoms with Crippen LogP contribution in [0.1, 0.15) is 34.3 Å². The summed E-state index contributed by atoms with van der Waals surface area (Å²) in [5, 5.41) is 20.5. The highest BCUT2D eigenvalue weighted by atomic mass is 16.3. The number of carbonyl (C=O) groups excluding carboxylic acids is 1. The van der Waals surface area contributed by atoms with Gasteiger partial charge in [-0.25, -0.2) is 0 Å². The minimum Gasteiger partial charge on any atom is -0.394 e. The maximum Gasteiger partial charge on any atom is 0.251 e. The number of amides is 1. The molecule has 0 spiro atoms. The topological polar surface area (TPSA) is 69.6 Å². The maximum absolute atomic E-state index is 11.8. The zero-order valence-corrected chi connectivity index (χ0v) is 10.4. The number of aliphatic hydroxyl groups is 2. The first-order chi connectivity index (χ1) is 8.70. The largest absolute Gasteiger partial charge is 0.394 e. The molecule has 4 heteroatoms. The van der Waals surface area contributed by atoms with Gasteiger partial charge in [-0.1, -0.05) is 6.07 Å². The van der Waals surface area contributed by atoms with Crippen molar-refractivity contribution in [1.82, 2.24) is 5.32 Å². The van der Waals surface area contributed by atoms with E-state index in [9.17, 15) is 9.90 Å². The van der Waals surface area contributed by atoms with Gasteiger partial charge in [0, 0.05) is 12.1 Å². The van der Waals surface area contributed by atoms with Crippen LogP contribution in [-0.4, -0.2) is 35.4 Å². The molecule has 1 atom stereocenters. The number of fused-ring (bicyclic) bond motifs is 1. The van der Waals surface area contributed by atoms with Crippen LogP contribution in [0.3, 0.4) is 0 Å². The van der Waals surface area contributed by atoms with E-state index in [1.165, 1.54) is 24.0 Å². The molecule has 0 saturated heterocycles. The van der Waals surface area contributed by atoms with Gasteiger partial charge in [0.25, 0.3) is 5.91 Å². The molecule has 98 valence electrons. The molecule has 1 aromatic carbocycles. The molecule has 0 aliphatic heterocycles. The van der Waals surface area contributed by atoms with Crippen LogP contribution in [-0.2, 0) is 12.8 Å². The van der Waals surface area contributed by atoms with Crippen LogP contribution >= 0.6 is 0 Å². The van der Waals surface area contributed by atoms with E-state index in [4.69, 9.17) is 5.11 Å². The van der Waals surface area contributed by atoms with Crippen LogP contribution in [0, 0.1) is 0 Å². The second-order valence-electron chi connectivity index (χ2n) is 4.74. The van der Waals surface area contributed by atoms with Crippen molar-refractivity contribution in [1.29, 1.82) is 0 Å². The summed E-state index contributed by atoms with van der Waals surface area (Å²) in [5.41, 5.74) is 3.23. The number of rotatable bonds is 4. The number of carbonyl (C=O) groups is 1. The predicted molar refractivity (Wildman–Crippen MR) is 68.5 cm³/mol. The highest BCUT2D eigenvalue weighted by molar-refractivity contribution is 5.94. The zero-order chi connectivity index (χ0) is 13.0. The number of aryl methyl sites for hydroxylation is 2. The Balaban J connectivity index is 2.02. The summed E-state index contributed by atoms with van der Waals surface area (Å²) in [6, 6.07) is 5.78. The van der Waals surface area contributed by atoms with E-state index < -0.39 is 6.10 Å². The molecule has 3 N–H and O–H groups in total. The Morgan fingerprint density at radius 3 is 2.72 bits per heavy atom. The number of benzene rings is 1. The van der Waals surface area contributed by atoms with Crippen molar-refractivity contribution in [2.45, 2.75) is 31.8 Å². The van der Waals surface area contributed by atoms with Gasteiger partial charge in [-0.2, -0.15) is 0 Å². The molecule has 1 aromatic rings. The van der Waals surface area contributed by atoms with Gasteiger partial charge in [-0.05, 0) is 48.9 Å². The van der Waals surface area contributed by atoms with E-state index in [0.717, 1.165) is 12.8 Å². The molecule has 2 rings (SSSR count). The quantitative estimate of drug-likeness (QED) is 0.733. The molecule has 0 heterocycles. The first-order valence-electron chi connectivity index (χ1n) is 6.39. The van der Waals surface area contributed by atoms with Crippen LogP contribution < -0.4 is 5.32 Å². The molecule has 18 heavy (non-hydrogen) atoms. The molecule has 0 bridgehead atoms. The molecule has 1 aliphatic rings. The lowest BCUT2D eigenvalue weighted by molar-refractivity contribution is 0.0802. The van der Waals surface area contributed by atoms with Crippen molar-refractivity contribution in [2.24, 2.45) is 0 Å². The van der Waals surface area contributed by atoms with E-state index >= 15 is 0 Å². The molecule has 0 fully saturated rings. The third-order valence-corrected chi connectivity index (χ3v) is 3.32. The zero-order valence-electron chi connectivity index (χ0n) is 10.4. The number of hydrogen-bond donors (Lipinski definition) is 3. The fourth-order valence-corrected chi connectivity index (χ4v) is 2.25. The standard InChI is InChI=1S/C14H19NO3/c16-9-13(17)8-15-14(18)12-6-5-10-3-1-2-4-11(10)7-12/h5-7,13,16-17H,1-4,8-9H2,(H,15,18). The molecular formula is C14H19NO3. The molecule has 0 radical (unpaired) electrons. The van der Waals surface area contributed by atoms with Crippen molar-refractivity contribution < 1.29 is 15.0 Å². The number of nitrogens with one attached hydrogen (secondary N) is 1. The van der Waals surface area contributed by atoms with Crippen molar-refractivity contribution in [3.63, 3.8) is 0 Å². The van der Waals surface area contributed by atoms with Crippen LogP contribution in [0.5, 0.6) is 0 Å². The molecular weight excluding hydrogens is 230 g/mol. The van der Waals surface area contributed by atoms with Gasteiger partial charge < -0.3 is 15.5 Å². The molecule has 1 amide bonds. The minimum absolute atomic E-state index is 0.0758. The Bertz CT molecular complexity index is 431. The summed E-state index contributed by atoms with van der Waals surface area (Å²) in [6.45, 7) is -0.267. The first kappa shape index (κ1) is 13.1. The third-order valence-electron chi connectivity index (χ3n) is 3.32. The second-order valence-corrected chi connectivity index (χ2v) is 4.74. The average molecular weight is 249 g/mol. The summed E-state index contributed by atoms with van der Waals surface area (Å²) in [7, 11) is 0. The Labute approximate surface area is 107 Å². The average Bonchev–Trinajstić information content (AvgIpc) is 2.43. The van der Waals surface area contributed by atoms with Gasteiger partial charge in [0.15, 0.2) is 0 Å². The lowest BCUT2D eigenvalue weighted by Gasteiger charge is -2.16. The number of aliphatic hydroxyl groups excluding tert-OH is 2. The first-order valence-corrected chi connectivity index (χ1v) is 6.39. The van der Waals surface area contributed by atoms with Gasteiger partial charge in [0.1, 0.15) is 0 Å². The minimum atomic E-state index is -0.897. The Kier molecular flexibility index (Phi) is 4.33. The molecule has 1 unspecified atom stereocenters. The summed E-state index contributed by atoms with van der Waals surface area (Å²) in [5.74, 6) is -0.198. The summed E-state index contributed by atoms with van der Waals surface area (Å²) in [4.78, 5) is 11.8. The highest BCUT2D eigenvalue weighted by Gasteiger charge is 2.13. The Morgan fingerprint density at radius 1 is 1.28 bits per heavy atom. The number of hydrogen-bond acceptors (Lipinski definition) is 3. The van der Waals surface area contributed by atoms with E-state index in [-0.39, 0.29) is 19.1 Å². The maximum atomic E-state index is 11.8. The third kappa shape index (κ3) is 3.09. The summed E-state index contributed by atoms with van der Waals surface area (Å²) >= 11 is 0. The van der Waals surface area contributed by atoms with Gasteiger partial charge in [0.05, 0.1) is 12.7 Å². The van der Waals surface area contributed by atoms with Crippen molar-refractivity contribution in [2.75, 3.05) is 13.2 Å². The van der Waals surface area contributed by atoms with E-state index in [1.807, 2.05) is 18.2 Å². The van der Waals surface area contributed by atoms with E-state index in [1.54, 1.807) is 0 Å². The normalized spacial score (nSPS) is 15.9. The van der Waals surface area contributed by atoms with Crippen molar-refractivity contribution >= 4 is 5.91 Å². The van der Waals surface area contributed by atoms with Crippen LogP contribution in [0.4, 0.5) is 0 Å². The highest BCUT2D eigenvalue weighted by Crippen LogP contribution is 2.22. The fraction of sp³-hybridized carbons (Fsp3) is 0.500. The van der Waals surface area contributed by atoms with Gasteiger partial charge in [-0.15, -0.1) is 0 Å². The molecule has 4 nitrogen and oxygen atoms in total. The van der Waals surface area contributed by atoms with Gasteiger partial charge >= 0.3 is 0 Å². The lowest BCUT2D eigenvalue weighted by Crippen LogP contribution is -2.33. The van der Waals surface area contributed by atoms with E-state index in [0.29, 0.717) is 5.56 Å². The SMILES string of the molecule is O=C(NCC(O)CO)c1ccc2c(c1)CCCC2. The second kappa shape index (κ2) is 5.98. The van der Waals surface area contributed by atoms with E-state index in [2.05, 4.69) is 5.32 Å². The molecule has 0 aromatic heterocycles. The van der Waals surface area contributed by atoms with Gasteiger partial charge in [0.2, 0.25) is 0 Å². The monoisotopic (exact) mass is 249 g/mol. The lowest BCUT2D eigenvalue weighted by atomic mass is 9.90. The Hall–Kier alpha value is -1.39. The Morgan fingerprint density at radius 2 is 2.00 bits per heavy atom. The summed E-state index contributed by atoms with van der Waals surface area (Å²) in [6.07, 6.45) is 3.64.